The van der Waals surface area contributed by atoms with E-state index in [0.29, 0.717) is 11.3 Å². The number of hydrogen-bond acceptors (Lipinski definition) is 4. The van der Waals surface area contributed by atoms with Gasteiger partial charge < -0.3 is 4.42 Å². The van der Waals surface area contributed by atoms with Crippen LogP contribution in [0.4, 0.5) is 0 Å². The maximum absolute atomic E-state index is 12.0. The molecule has 2 aromatic heterocycles. The zero-order chi connectivity index (χ0) is 13.6. The molecule has 0 saturated heterocycles. The fourth-order valence-electron chi connectivity index (χ4n) is 2.29. The van der Waals surface area contributed by atoms with Crippen LogP contribution in [0.2, 0.25) is 0 Å². The van der Waals surface area contributed by atoms with Crippen LogP contribution in [0.3, 0.4) is 0 Å². The van der Waals surface area contributed by atoms with Crippen molar-refractivity contribution in [1.82, 2.24) is 4.98 Å². The number of nitrogens with zero attached hydrogens (tertiary/aromatic N) is 1. The van der Waals surface area contributed by atoms with Crippen LogP contribution in [0.25, 0.3) is 21.3 Å². The van der Waals surface area contributed by atoms with Crippen molar-refractivity contribution in [3.8, 4) is 11.1 Å². The van der Waals surface area contributed by atoms with Crippen LogP contribution >= 0.6 is 11.3 Å². The number of rotatable bonds is 1. The van der Waals surface area contributed by atoms with Crippen LogP contribution in [0.1, 0.15) is 17.0 Å². The van der Waals surface area contributed by atoms with E-state index in [-0.39, 0.29) is 5.63 Å². The smallest absolute Gasteiger partial charge is 0.348 e. The third-order valence-electron chi connectivity index (χ3n) is 3.15. The van der Waals surface area contributed by atoms with E-state index in [1.807, 2.05) is 11.4 Å². The Labute approximate surface area is 114 Å². The summed E-state index contributed by atoms with van der Waals surface area (Å²) in [6, 6.07) is 6.21. The van der Waals surface area contributed by atoms with Crippen molar-refractivity contribution in [2.24, 2.45) is 0 Å². The number of thiophene rings is 1. The summed E-state index contributed by atoms with van der Waals surface area (Å²) in [7, 11) is 0. The van der Waals surface area contributed by atoms with Gasteiger partial charge in [0, 0.05) is 17.9 Å². The highest BCUT2D eigenvalue weighted by atomic mass is 32.1. The quantitative estimate of drug-likeness (QED) is 0.675. The molecule has 0 amide bonds. The lowest BCUT2D eigenvalue weighted by Gasteiger charge is -2.05. The molecule has 1 aromatic carbocycles. The van der Waals surface area contributed by atoms with Crippen molar-refractivity contribution in [3.63, 3.8) is 0 Å². The van der Waals surface area contributed by atoms with E-state index in [1.54, 1.807) is 6.92 Å². The maximum Gasteiger partial charge on any atom is 0.348 e. The number of aromatic nitrogens is 1. The summed E-state index contributed by atoms with van der Waals surface area (Å²) < 4.78 is 5.11. The molecule has 3 rings (SSSR count). The van der Waals surface area contributed by atoms with E-state index < -0.39 is 0 Å². The predicted molar refractivity (Wildman–Crippen MR) is 77.8 cm³/mol. The summed E-state index contributed by atoms with van der Waals surface area (Å²) in [5, 5.41) is 2.56. The molecule has 0 saturated carbocycles. The molecule has 2 heterocycles. The highest BCUT2D eigenvalue weighted by molar-refractivity contribution is 7.17. The van der Waals surface area contributed by atoms with Crippen LogP contribution in [0.5, 0.6) is 0 Å². The lowest BCUT2D eigenvalue weighted by atomic mass is 9.99. The number of aryl methyl sites for hydroxylation is 3. The minimum Gasteiger partial charge on any atom is -0.408 e. The van der Waals surface area contributed by atoms with Crippen LogP contribution in [0.15, 0.2) is 32.8 Å². The fraction of sp³-hybridized carbons (Fsp3) is 0.200. The van der Waals surface area contributed by atoms with E-state index in [4.69, 9.17) is 4.42 Å². The van der Waals surface area contributed by atoms with Gasteiger partial charge in [0.05, 0.1) is 0 Å². The second-order valence-electron chi connectivity index (χ2n) is 4.67. The Morgan fingerprint density at radius 3 is 2.68 bits per heavy atom. The lowest BCUT2D eigenvalue weighted by molar-refractivity contribution is 0.468. The normalized spacial score (nSPS) is 11.1. The third kappa shape index (κ3) is 1.98. The van der Waals surface area contributed by atoms with Gasteiger partial charge in [0.25, 0.3) is 0 Å². The highest BCUT2D eigenvalue weighted by Gasteiger charge is 2.14. The molecule has 0 aliphatic carbocycles. The first-order chi connectivity index (χ1) is 9.06. The van der Waals surface area contributed by atoms with Gasteiger partial charge in [-0.15, -0.1) is 11.3 Å². The van der Waals surface area contributed by atoms with Crippen LogP contribution in [-0.2, 0) is 0 Å². The molecular formula is C15H13NO2S. The van der Waals surface area contributed by atoms with Crippen LogP contribution < -0.4 is 5.63 Å². The third-order valence-corrected chi connectivity index (χ3v) is 4.02. The summed E-state index contributed by atoms with van der Waals surface area (Å²) in [5.41, 5.74) is 4.04. The van der Waals surface area contributed by atoms with Gasteiger partial charge in [-0.05, 0) is 25.0 Å². The van der Waals surface area contributed by atoms with Crippen molar-refractivity contribution >= 4 is 21.6 Å². The molecule has 0 spiro atoms. The van der Waals surface area contributed by atoms with Crippen molar-refractivity contribution in [1.29, 1.82) is 0 Å². The summed E-state index contributed by atoms with van der Waals surface area (Å²) >= 11 is 1.48. The van der Waals surface area contributed by atoms with E-state index in [0.717, 1.165) is 21.5 Å². The Kier molecular flexibility index (Phi) is 2.75. The molecule has 3 aromatic rings. The predicted octanol–water partition coefficient (Wildman–Crippen LogP) is 3.84. The number of benzene rings is 1. The first-order valence-electron chi connectivity index (χ1n) is 6.03. The molecule has 4 heteroatoms. The molecule has 0 radical (unpaired) electrons. The standard InChI is InChI=1S/C15H13NO2S/c1-8-4-5-11(9(2)6-8)12-7-19-14-13(12)15(17)18-10(3)16-14/h4-7H,1-3H3. The Balaban J connectivity index is 2.35. The average Bonchev–Trinajstić information content (AvgIpc) is 2.72. The summed E-state index contributed by atoms with van der Waals surface area (Å²) in [4.78, 5) is 17.1. The molecule has 0 aliphatic rings. The van der Waals surface area contributed by atoms with Crippen LogP contribution in [-0.4, -0.2) is 4.98 Å². The highest BCUT2D eigenvalue weighted by Crippen LogP contribution is 2.33. The van der Waals surface area contributed by atoms with Gasteiger partial charge in [-0.25, -0.2) is 9.78 Å². The van der Waals surface area contributed by atoms with Crippen molar-refractivity contribution in [3.05, 3.63) is 51.0 Å². The Bertz CT molecular complexity index is 830. The lowest BCUT2D eigenvalue weighted by Crippen LogP contribution is -2.02. The maximum atomic E-state index is 12.0. The van der Waals surface area contributed by atoms with E-state index in [1.165, 1.54) is 16.9 Å². The molecule has 0 fully saturated rings. The number of fused-ring (bicyclic) bond motifs is 1. The van der Waals surface area contributed by atoms with E-state index in [9.17, 15) is 4.79 Å². The molecular weight excluding hydrogens is 258 g/mol. The minimum atomic E-state index is -0.307. The average molecular weight is 271 g/mol. The molecule has 3 nitrogen and oxygen atoms in total. The molecule has 0 bridgehead atoms. The Morgan fingerprint density at radius 1 is 1.16 bits per heavy atom. The summed E-state index contributed by atoms with van der Waals surface area (Å²) in [5.74, 6) is 0.409. The van der Waals surface area contributed by atoms with E-state index >= 15 is 0 Å². The van der Waals surface area contributed by atoms with Gasteiger partial charge in [-0.1, -0.05) is 23.8 Å². The summed E-state index contributed by atoms with van der Waals surface area (Å²) in [6.45, 7) is 5.80. The van der Waals surface area contributed by atoms with Crippen molar-refractivity contribution in [2.45, 2.75) is 20.8 Å². The Morgan fingerprint density at radius 2 is 1.95 bits per heavy atom. The van der Waals surface area contributed by atoms with Gasteiger partial charge >= 0.3 is 5.63 Å². The SMILES string of the molecule is Cc1ccc(-c2csc3nc(C)oc(=O)c23)c(C)c1. The molecule has 0 atom stereocenters. The second-order valence-corrected chi connectivity index (χ2v) is 5.53. The van der Waals surface area contributed by atoms with Gasteiger partial charge in [-0.3, -0.25) is 0 Å². The second kappa shape index (κ2) is 4.31. The zero-order valence-corrected chi connectivity index (χ0v) is 11.8. The van der Waals surface area contributed by atoms with Crippen LogP contribution in [0, 0.1) is 20.8 Å². The summed E-state index contributed by atoms with van der Waals surface area (Å²) in [6.07, 6.45) is 0. The van der Waals surface area contributed by atoms with Crippen molar-refractivity contribution in [2.75, 3.05) is 0 Å². The topological polar surface area (TPSA) is 43.1 Å². The monoisotopic (exact) mass is 271 g/mol. The zero-order valence-electron chi connectivity index (χ0n) is 11.0. The van der Waals surface area contributed by atoms with Gasteiger partial charge in [0.15, 0.2) is 5.89 Å². The van der Waals surface area contributed by atoms with Gasteiger partial charge in [0.1, 0.15) is 10.2 Å². The molecule has 19 heavy (non-hydrogen) atoms. The fourth-order valence-corrected chi connectivity index (χ4v) is 3.26. The van der Waals surface area contributed by atoms with E-state index in [2.05, 4.69) is 31.0 Å². The molecule has 0 unspecified atom stereocenters. The minimum absolute atomic E-state index is 0.307. The van der Waals surface area contributed by atoms with Crippen molar-refractivity contribution < 1.29 is 4.42 Å². The first kappa shape index (κ1) is 12.1. The number of hydrogen-bond donors (Lipinski definition) is 0. The Hall–Kier alpha value is -1.94. The first-order valence-corrected chi connectivity index (χ1v) is 6.91. The molecule has 0 aliphatic heterocycles. The molecule has 96 valence electrons. The van der Waals surface area contributed by atoms with Gasteiger partial charge in [0.2, 0.25) is 0 Å². The largest absolute Gasteiger partial charge is 0.408 e. The van der Waals surface area contributed by atoms with Gasteiger partial charge in [-0.2, -0.15) is 0 Å². The molecule has 0 N–H and O–H groups in total.